The van der Waals surface area contributed by atoms with Crippen LogP contribution in [-0.2, 0) is 4.74 Å². The van der Waals surface area contributed by atoms with Crippen LogP contribution in [0.1, 0.15) is 16.1 Å². The number of fused-ring (bicyclic) bond motifs is 1. The Kier molecular flexibility index (Phi) is 7.58. The van der Waals surface area contributed by atoms with Crippen LogP contribution in [0.3, 0.4) is 0 Å². The van der Waals surface area contributed by atoms with E-state index >= 15 is 0 Å². The minimum absolute atomic E-state index is 0. The average Bonchev–Trinajstić information content (AvgIpc) is 3.29. The van der Waals surface area contributed by atoms with E-state index in [4.69, 9.17) is 25.7 Å². The van der Waals surface area contributed by atoms with Crippen molar-refractivity contribution in [3.05, 3.63) is 45.3 Å². The third kappa shape index (κ3) is 5.13. The number of amides is 1. The van der Waals surface area contributed by atoms with Crippen LogP contribution in [-0.4, -0.2) is 55.2 Å². The molecule has 0 radical (unpaired) electrons. The number of thiazole rings is 1. The summed E-state index contributed by atoms with van der Waals surface area (Å²) in [5.74, 6) is 0.0737. The van der Waals surface area contributed by atoms with Crippen LogP contribution in [0.4, 0.5) is 5.13 Å². The van der Waals surface area contributed by atoms with Gasteiger partial charge in [0.05, 0.1) is 23.4 Å². The summed E-state index contributed by atoms with van der Waals surface area (Å²) in [6.45, 7) is 6.40. The molecule has 1 amide bonds. The summed E-state index contributed by atoms with van der Waals surface area (Å²) in [5, 5.41) is 1.31. The lowest BCUT2D eigenvalue weighted by Crippen LogP contribution is -2.43. The zero-order valence-corrected chi connectivity index (χ0v) is 19.7. The van der Waals surface area contributed by atoms with Gasteiger partial charge in [-0.2, -0.15) is 0 Å². The monoisotopic (exact) mass is 519 g/mol. The Bertz CT molecular complexity index is 1000. The molecule has 1 saturated heterocycles. The number of ether oxygens (including phenoxy) is 1. The minimum atomic E-state index is -0.207. The van der Waals surface area contributed by atoms with E-state index in [0.29, 0.717) is 21.4 Å². The van der Waals surface area contributed by atoms with Gasteiger partial charge in [0.2, 0.25) is 0 Å². The first-order valence-corrected chi connectivity index (χ1v) is 10.9. The zero-order valence-electron chi connectivity index (χ0n) is 15.7. The molecule has 0 aliphatic carbocycles. The van der Waals surface area contributed by atoms with Crippen LogP contribution in [0.5, 0.6) is 0 Å². The highest BCUT2D eigenvalue weighted by Crippen LogP contribution is 2.34. The standard InChI is InChI=1S/C19H19BrClN3O3S.ClH/c1-12-10-13(21)11-15-17(12)22-19(28-15)24(5-4-23-6-8-26-9-7-23)18(25)14-2-3-16(20)27-14;/h2-3,10-11H,4-9H2,1H3;1H. The molecule has 29 heavy (non-hydrogen) atoms. The van der Waals surface area contributed by atoms with Gasteiger partial charge in [-0.3, -0.25) is 14.6 Å². The van der Waals surface area contributed by atoms with Gasteiger partial charge in [-0.15, -0.1) is 12.4 Å². The summed E-state index contributed by atoms with van der Waals surface area (Å²) >= 11 is 10.9. The predicted molar refractivity (Wildman–Crippen MR) is 122 cm³/mol. The van der Waals surface area contributed by atoms with E-state index in [1.165, 1.54) is 11.3 Å². The highest BCUT2D eigenvalue weighted by Gasteiger charge is 2.25. The molecule has 1 aliphatic heterocycles. The number of anilines is 1. The third-order valence-corrected chi connectivity index (χ3v) is 6.31. The number of carbonyl (C=O) groups excluding carboxylic acids is 1. The first kappa shape index (κ1) is 22.5. The fourth-order valence-electron chi connectivity index (χ4n) is 3.17. The average molecular weight is 521 g/mol. The summed E-state index contributed by atoms with van der Waals surface area (Å²) < 4.78 is 12.4. The molecule has 3 heterocycles. The molecule has 0 spiro atoms. The highest BCUT2D eigenvalue weighted by molar-refractivity contribution is 9.10. The summed E-state index contributed by atoms with van der Waals surface area (Å²) in [6, 6.07) is 7.16. The lowest BCUT2D eigenvalue weighted by molar-refractivity contribution is 0.0390. The van der Waals surface area contributed by atoms with Crippen molar-refractivity contribution in [1.82, 2.24) is 9.88 Å². The second-order valence-corrected chi connectivity index (χ2v) is 8.81. The summed E-state index contributed by atoms with van der Waals surface area (Å²) in [5.41, 5.74) is 1.86. The molecular weight excluding hydrogens is 501 g/mol. The summed E-state index contributed by atoms with van der Waals surface area (Å²) in [7, 11) is 0. The number of aryl methyl sites for hydroxylation is 1. The van der Waals surface area contributed by atoms with E-state index in [1.807, 2.05) is 19.1 Å². The summed E-state index contributed by atoms with van der Waals surface area (Å²) in [6.07, 6.45) is 0. The number of hydrogen-bond acceptors (Lipinski definition) is 6. The number of carbonyl (C=O) groups is 1. The molecule has 2 aromatic heterocycles. The molecule has 10 heteroatoms. The second-order valence-electron chi connectivity index (χ2n) is 6.58. The Labute approximate surface area is 192 Å². The van der Waals surface area contributed by atoms with Crippen molar-refractivity contribution in [3.8, 4) is 0 Å². The Morgan fingerprint density at radius 2 is 2.10 bits per heavy atom. The fourth-order valence-corrected chi connectivity index (χ4v) is 4.92. The van der Waals surface area contributed by atoms with E-state index < -0.39 is 0 Å². The van der Waals surface area contributed by atoms with E-state index in [0.717, 1.165) is 48.6 Å². The van der Waals surface area contributed by atoms with Crippen molar-refractivity contribution in [1.29, 1.82) is 0 Å². The SMILES string of the molecule is Cc1cc(Cl)cc2sc(N(CCN3CCOCC3)C(=O)c3ccc(Br)o3)nc12.Cl. The molecule has 4 rings (SSSR count). The number of halogens is 3. The van der Waals surface area contributed by atoms with Gasteiger partial charge in [0.15, 0.2) is 15.6 Å². The number of nitrogens with zero attached hydrogens (tertiary/aromatic N) is 3. The largest absolute Gasteiger partial charge is 0.444 e. The maximum atomic E-state index is 13.2. The van der Waals surface area contributed by atoms with Crippen LogP contribution in [0.2, 0.25) is 5.02 Å². The lowest BCUT2D eigenvalue weighted by Gasteiger charge is -2.28. The highest BCUT2D eigenvalue weighted by atomic mass is 79.9. The van der Waals surface area contributed by atoms with Gasteiger partial charge in [-0.1, -0.05) is 22.9 Å². The molecule has 3 aromatic rings. The van der Waals surface area contributed by atoms with Gasteiger partial charge in [0, 0.05) is 31.2 Å². The number of furan rings is 1. The molecule has 156 valence electrons. The van der Waals surface area contributed by atoms with Crippen LogP contribution < -0.4 is 4.90 Å². The molecule has 0 N–H and O–H groups in total. The van der Waals surface area contributed by atoms with Gasteiger partial charge >= 0.3 is 0 Å². The van der Waals surface area contributed by atoms with Gasteiger partial charge in [0.25, 0.3) is 5.91 Å². The Morgan fingerprint density at radius 3 is 2.79 bits per heavy atom. The molecule has 0 saturated carbocycles. The van der Waals surface area contributed by atoms with Crippen molar-refractivity contribution in [2.24, 2.45) is 0 Å². The van der Waals surface area contributed by atoms with E-state index in [-0.39, 0.29) is 24.1 Å². The van der Waals surface area contributed by atoms with Crippen molar-refractivity contribution in [3.63, 3.8) is 0 Å². The van der Waals surface area contributed by atoms with Crippen molar-refractivity contribution >= 4 is 72.5 Å². The topological polar surface area (TPSA) is 58.8 Å². The maximum Gasteiger partial charge on any atom is 0.295 e. The normalized spacial score (nSPS) is 14.7. The Morgan fingerprint density at radius 1 is 1.34 bits per heavy atom. The number of benzene rings is 1. The van der Waals surface area contributed by atoms with Gasteiger partial charge in [0.1, 0.15) is 0 Å². The Balaban J connectivity index is 0.00000240. The number of rotatable bonds is 5. The quantitative estimate of drug-likeness (QED) is 0.473. The van der Waals surface area contributed by atoms with Crippen molar-refractivity contribution in [2.75, 3.05) is 44.3 Å². The van der Waals surface area contributed by atoms with Crippen LogP contribution in [0.15, 0.2) is 33.4 Å². The predicted octanol–water partition coefficient (Wildman–Crippen LogP) is 5.01. The van der Waals surface area contributed by atoms with E-state index in [1.54, 1.807) is 17.0 Å². The second kappa shape index (κ2) is 9.76. The summed E-state index contributed by atoms with van der Waals surface area (Å²) in [4.78, 5) is 21.9. The molecular formula is C19H20BrCl2N3O3S. The van der Waals surface area contributed by atoms with E-state index in [2.05, 4.69) is 20.8 Å². The first-order chi connectivity index (χ1) is 13.5. The van der Waals surface area contributed by atoms with Crippen LogP contribution >= 0.6 is 51.3 Å². The Hall–Kier alpha value is -1.16. The molecule has 1 aliphatic rings. The molecule has 6 nitrogen and oxygen atoms in total. The minimum Gasteiger partial charge on any atom is -0.444 e. The number of aromatic nitrogens is 1. The van der Waals surface area contributed by atoms with E-state index in [9.17, 15) is 4.79 Å². The smallest absolute Gasteiger partial charge is 0.295 e. The molecule has 0 bridgehead atoms. The number of morpholine rings is 1. The lowest BCUT2D eigenvalue weighted by atomic mass is 10.2. The fraction of sp³-hybridized carbons (Fsp3) is 0.368. The van der Waals surface area contributed by atoms with Crippen molar-refractivity contribution in [2.45, 2.75) is 6.92 Å². The van der Waals surface area contributed by atoms with Crippen molar-refractivity contribution < 1.29 is 13.9 Å². The van der Waals surface area contributed by atoms with Gasteiger partial charge in [-0.05, 0) is 52.7 Å². The number of hydrogen-bond donors (Lipinski definition) is 0. The zero-order chi connectivity index (χ0) is 19.7. The maximum absolute atomic E-state index is 13.2. The van der Waals surface area contributed by atoms with Crippen LogP contribution in [0, 0.1) is 6.92 Å². The molecule has 0 unspecified atom stereocenters. The molecule has 1 fully saturated rings. The third-order valence-electron chi connectivity index (χ3n) is 4.64. The molecule has 1 aromatic carbocycles. The van der Waals surface area contributed by atoms with Crippen LogP contribution in [0.25, 0.3) is 10.2 Å². The molecule has 0 atom stereocenters. The van der Waals surface area contributed by atoms with Gasteiger partial charge in [-0.25, -0.2) is 4.98 Å². The van der Waals surface area contributed by atoms with Gasteiger partial charge < -0.3 is 9.15 Å². The first-order valence-electron chi connectivity index (χ1n) is 8.95.